The maximum absolute atomic E-state index is 11.5. The standard InChI is InChI=1S/C11H13BrClNO2/c1-7(13)11(16)14(2)6-8-3-4-10(15)9(12)5-8/h3-5,7,15H,6H2,1-2H3. The van der Waals surface area contributed by atoms with Crippen LogP contribution in [0.3, 0.4) is 0 Å². The van der Waals surface area contributed by atoms with E-state index in [0.717, 1.165) is 5.56 Å². The highest BCUT2D eigenvalue weighted by Crippen LogP contribution is 2.24. The molecule has 0 aromatic heterocycles. The van der Waals surface area contributed by atoms with Crippen molar-refractivity contribution in [3.63, 3.8) is 0 Å². The number of aromatic hydroxyl groups is 1. The van der Waals surface area contributed by atoms with Crippen molar-refractivity contribution in [3.8, 4) is 5.75 Å². The molecule has 5 heteroatoms. The first-order valence-electron chi connectivity index (χ1n) is 4.78. The molecule has 0 aliphatic carbocycles. The summed E-state index contributed by atoms with van der Waals surface area (Å²) in [5.74, 6) is 0.0642. The van der Waals surface area contributed by atoms with Crippen molar-refractivity contribution >= 4 is 33.4 Å². The topological polar surface area (TPSA) is 40.5 Å². The second kappa shape index (κ2) is 5.55. The molecular formula is C11H13BrClNO2. The summed E-state index contributed by atoms with van der Waals surface area (Å²) in [5.41, 5.74) is 0.929. The van der Waals surface area contributed by atoms with Gasteiger partial charge in [0, 0.05) is 13.6 Å². The molecule has 3 nitrogen and oxygen atoms in total. The van der Waals surface area contributed by atoms with Gasteiger partial charge in [0.25, 0.3) is 0 Å². The van der Waals surface area contributed by atoms with Crippen LogP contribution in [0.15, 0.2) is 22.7 Å². The van der Waals surface area contributed by atoms with Gasteiger partial charge in [0.2, 0.25) is 5.91 Å². The normalized spacial score (nSPS) is 12.2. The molecule has 1 aromatic carbocycles. The van der Waals surface area contributed by atoms with Crippen LogP contribution in [-0.2, 0) is 11.3 Å². The van der Waals surface area contributed by atoms with Crippen molar-refractivity contribution in [1.29, 1.82) is 0 Å². The van der Waals surface area contributed by atoms with Crippen molar-refractivity contribution < 1.29 is 9.90 Å². The summed E-state index contributed by atoms with van der Waals surface area (Å²) in [5, 5.41) is 8.80. The van der Waals surface area contributed by atoms with E-state index in [2.05, 4.69) is 15.9 Å². The number of alkyl halides is 1. The summed E-state index contributed by atoms with van der Waals surface area (Å²) < 4.78 is 0.616. The molecule has 1 unspecified atom stereocenters. The Balaban J connectivity index is 2.73. The molecule has 0 heterocycles. The van der Waals surface area contributed by atoms with E-state index in [1.165, 1.54) is 0 Å². The van der Waals surface area contributed by atoms with E-state index < -0.39 is 5.38 Å². The van der Waals surface area contributed by atoms with E-state index in [0.29, 0.717) is 11.0 Å². The van der Waals surface area contributed by atoms with E-state index in [1.807, 2.05) is 0 Å². The molecule has 1 amide bonds. The monoisotopic (exact) mass is 305 g/mol. The number of amides is 1. The van der Waals surface area contributed by atoms with Crippen molar-refractivity contribution in [2.45, 2.75) is 18.8 Å². The lowest BCUT2D eigenvalue weighted by atomic mass is 10.2. The molecular weight excluding hydrogens is 293 g/mol. The van der Waals surface area contributed by atoms with Gasteiger partial charge in [-0.1, -0.05) is 6.07 Å². The lowest BCUT2D eigenvalue weighted by molar-refractivity contribution is -0.129. The molecule has 16 heavy (non-hydrogen) atoms. The Hall–Kier alpha value is -0.740. The van der Waals surface area contributed by atoms with Crippen LogP contribution < -0.4 is 0 Å². The van der Waals surface area contributed by atoms with Gasteiger partial charge in [0.15, 0.2) is 0 Å². The number of hydrogen-bond donors (Lipinski definition) is 1. The molecule has 88 valence electrons. The number of halogens is 2. The number of phenolic OH excluding ortho intramolecular Hbond substituents is 1. The van der Waals surface area contributed by atoms with E-state index in [9.17, 15) is 9.90 Å². The Morgan fingerprint density at radius 1 is 1.62 bits per heavy atom. The number of rotatable bonds is 3. The molecule has 0 fully saturated rings. The molecule has 0 aliphatic rings. The van der Waals surface area contributed by atoms with Crippen molar-refractivity contribution in [2.24, 2.45) is 0 Å². The van der Waals surface area contributed by atoms with Crippen LogP contribution in [0.1, 0.15) is 12.5 Å². The maximum Gasteiger partial charge on any atom is 0.240 e. The first kappa shape index (κ1) is 13.3. The third-order valence-electron chi connectivity index (χ3n) is 2.15. The largest absolute Gasteiger partial charge is 0.507 e. The molecule has 1 atom stereocenters. The molecule has 0 radical (unpaired) electrons. The Morgan fingerprint density at radius 2 is 2.25 bits per heavy atom. The second-order valence-corrected chi connectivity index (χ2v) is 5.11. The lowest BCUT2D eigenvalue weighted by Gasteiger charge is -2.18. The fourth-order valence-corrected chi connectivity index (χ4v) is 1.90. The van der Waals surface area contributed by atoms with Crippen LogP contribution >= 0.6 is 27.5 Å². The highest BCUT2D eigenvalue weighted by Gasteiger charge is 2.15. The molecule has 0 bridgehead atoms. The Bertz CT molecular complexity index is 396. The molecule has 0 saturated carbocycles. The molecule has 1 rings (SSSR count). The number of carbonyl (C=O) groups is 1. The average molecular weight is 307 g/mol. The molecule has 0 saturated heterocycles. The number of benzene rings is 1. The third-order valence-corrected chi connectivity index (χ3v) is 2.97. The van der Waals surface area contributed by atoms with Crippen LogP contribution in [0.5, 0.6) is 5.75 Å². The first-order chi connectivity index (χ1) is 7.41. The predicted molar refractivity (Wildman–Crippen MR) is 67.6 cm³/mol. The van der Waals surface area contributed by atoms with E-state index >= 15 is 0 Å². The molecule has 0 aliphatic heterocycles. The minimum atomic E-state index is -0.523. The number of hydrogen-bond acceptors (Lipinski definition) is 2. The van der Waals surface area contributed by atoms with Gasteiger partial charge in [0.05, 0.1) is 4.47 Å². The third kappa shape index (κ3) is 3.39. The van der Waals surface area contributed by atoms with Crippen LogP contribution in [0, 0.1) is 0 Å². The number of phenols is 1. The van der Waals surface area contributed by atoms with Gasteiger partial charge >= 0.3 is 0 Å². The maximum atomic E-state index is 11.5. The lowest BCUT2D eigenvalue weighted by Crippen LogP contribution is -2.31. The fraction of sp³-hybridized carbons (Fsp3) is 0.364. The zero-order valence-electron chi connectivity index (χ0n) is 9.08. The fourth-order valence-electron chi connectivity index (χ4n) is 1.30. The highest BCUT2D eigenvalue weighted by molar-refractivity contribution is 9.10. The summed E-state index contributed by atoms with van der Waals surface area (Å²) in [6.07, 6.45) is 0. The molecule has 0 spiro atoms. The van der Waals surface area contributed by atoms with Crippen LogP contribution in [0.4, 0.5) is 0 Å². The van der Waals surface area contributed by atoms with Crippen LogP contribution in [0.2, 0.25) is 0 Å². The number of carbonyl (C=O) groups excluding carboxylic acids is 1. The summed E-state index contributed by atoms with van der Waals surface area (Å²) in [4.78, 5) is 13.1. The smallest absolute Gasteiger partial charge is 0.240 e. The van der Waals surface area contributed by atoms with Gasteiger partial charge in [-0.15, -0.1) is 11.6 Å². The Labute approximate surface area is 108 Å². The highest BCUT2D eigenvalue weighted by atomic mass is 79.9. The van der Waals surface area contributed by atoms with Crippen molar-refractivity contribution in [3.05, 3.63) is 28.2 Å². The Morgan fingerprint density at radius 3 is 2.75 bits per heavy atom. The van der Waals surface area contributed by atoms with Gasteiger partial charge in [-0.3, -0.25) is 4.79 Å². The van der Waals surface area contributed by atoms with Gasteiger partial charge in [-0.25, -0.2) is 0 Å². The minimum absolute atomic E-state index is 0.120. The van der Waals surface area contributed by atoms with Crippen molar-refractivity contribution in [1.82, 2.24) is 4.90 Å². The van der Waals surface area contributed by atoms with Gasteiger partial charge in [-0.05, 0) is 40.5 Å². The zero-order chi connectivity index (χ0) is 12.3. The number of nitrogens with zero attached hydrogens (tertiary/aromatic N) is 1. The quantitative estimate of drug-likeness (QED) is 0.872. The average Bonchev–Trinajstić information content (AvgIpc) is 2.22. The zero-order valence-corrected chi connectivity index (χ0v) is 11.4. The molecule has 1 N–H and O–H groups in total. The second-order valence-electron chi connectivity index (χ2n) is 3.60. The van der Waals surface area contributed by atoms with Crippen LogP contribution in [-0.4, -0.2) is 28.3 Å². The van der Waals surface area contributed by atoms with Gasteiger partial charge in [-0.2, -0.15) is 0 Å². The summed E-state index contributed by atoms with van der Waals surface area (Å²) in [7, 11) is 1.70. The summed E-state index contributed by atoms with van der Waals surface area (Å²) >= 11 is 8.93. The van der Waals surface area contributed by atoms with Gasteiger partial charge < -0.3 is 10.0 Å². The van der Waals surface area contributed by atoms with Gasteiger partial charge in [0.1, 0.15) is 11.1 Å². The molecule has 1 aromatic rings. The van der Waals surface area contributed by atoms with E-state index in [1.54, 1.807) is 37.1 Å². The first-order valence-corrected chi connectivity index (χ1v) is 6.01. The van der Waals surface area contributed by atoms with E-state index in [4.69, 9.17) is 11.6 Å². The van der Waals surface area contributed by atoms with E-state index in [-0.39, 0.29) is 11.7 Å². The summed E-state index contributed by atoms with van der Waals surface area (Å²) in [6.45, 7) is 2.11. The van der Waals surface area contributed by atoms with Crippen molar-refractivity contribution in [2.75, 3.05) is 7.05 Å². The Kier molecular flexibility index (Phi) is 4.62. The predicted octanol–water partition coefficient (Wildman–Crippen LogP) is 2.74. The minimum Gasteiger partial charge on any atom is -0.507 e. The van der Waals surface area contributed by atoms with Crippen LogP contribution in [0.25, 0.3) is 0 Å². The summed E-state index contributed by atoms with van der Waals surface area (Å²) in [6, 6.07) is 5.13. The SMILES string of the molecule is CC(Cl)C(=O)N(C)Cc1ccc(O)c(Br)c1.